The molecule has 0 radical (unpaired) electrons. The Morgan fingerprint density at radius 2 is 2.11 bits per heavy atom. The lowest BCUT2D eigenvalue weighted by atomic mass is 9.90. The van der Waals surface area contributed by atoms with Crippen molar-refractivity contribution in [3.8, 4) is 5.75 Å². The third-order valence-corrected chi connectivity index (χ3v) is 3.34. The molecule has 1 saturated heterocycles. The Morgan fingerprint density at radius 1 is 1.44 bits per heavy atom. The number of phenols is 1. The van der Waals surface area contributed by atoms with Gasteiger partial charge in [0, 0.05) is 5.54 Å². The molecule has 98 valence electrons. The largest absolute Gasteiger partial charge is 0.507 e. The Kier molecular flexibility index (Phi) is 3.52. The second-order valence-corrected chi connectivity index (χ2v) is 4.90. The van der Waals surface area contributed by atoms with Crippen molar-refractivity contribution in [2.45, 2.75) is 25.3 Å². The lowest BCUT2D eigenvalue weighted by molar-refractivity contribution is 0.0880. The normalized spacial score (nSPS) is 18.3. The summed E-state index contributed by atoms with van der Waals surface area (Å²) in [5, 5.41) is 15.6. The molecule has 1 heterocycles. The summed E-state index contributed by atoms with van der Waals surface area (Å²) in [5.74, 6) is -1.59. The Labute approximate surface area is 105 Å². The number of carbonyl (C=O) groups is 1. The van der Waals surface area contributed by atoms with Gasteiger partial charge < -0.3 is 15.7 Å². The van der Waals surface area contributed by atoms with Gasteiger partial charge in [-0.3, -0.25) is 4.79 Å². The van der Waals surface area contributed by atoms with Gasteiger partial charge in [-0.2, -0.15) is 0 Å². The molecule has 1 aromatic carbocycles. The summed E-state index contributed by atoms with van der Waals surface area (Å²) in [4.78, 5) is 12.0. The minimum absolute atomic E-state index is 0.280. The Balaban J connectivity index is 2.17. The van der Waals surface area contributed by atoms with E-state index in [9.17, 15) is 14.3 Å². The predicted molar refractivity (Wildman–Crippen MR) is 66.0 cm³/mol. The van der Waals surface area contributed by atoms with Gasteiger partial charge in [0.25, 0.3) is 5.91 Å². The van der Waals surface area contributed by atoms with Gasteiger partial charge >= 0.3 is 0 Å². The van der Waals surface area contributed by atoms with Gasteiger partial charge in [-0.25, -0.2) is 4.39 Å². The molecule has 1 amide bonds. The first-order valence-electron chi connectivity index (χ1n) is 6.02. The fraction of sp³-hybridized carbons (Fsp3) is 0.462. The van der Waals surface area contributed by atoms with E-state index in [4.69, 9.17) is 0 Å². The molecule has 0 spiro atoms. The van der Waals surface area contributed by atoms with Crippen LogP contribution < -0.4 is 10.6 Å². The second kappa shape index (κ2) is 4.94. The quantitative estimate of drug-likeness (QED) is 0.745. The minimum Gasteiger partial charge on any atom is -0.507 e. The van der Waals surface area contributed by atoms with E-state index in [1.807, 2.05) is 6.92 Å². The van der Waals surface area contributed by atoms with Crippen molar-refractivity contribution in [1.29, 1.82) is 0 Å². The summed E-state index contributed by atoms with van der Waals surface area (Å²) in [6.45, 7) is 3.57. The van der Waals surface area contributed by atoms with Crippen LogP contribution in [-0.2, 0) is 0 Å². The summed E-state index contributed by atoms with van der Waals surface area (Å²) >= 11 is 0. The predicted octanol–water partition coefficient (Wildman–Crippen LogP) is 1.40. The third kappa shape index (κ3) is 2.61. The van der Waals surface area contributed by atoms with Gasteiger partial charge in [-0.05, 0) is 45.0 Å². The number of rotatable bonds is 2. The Hall–Kier alpha value is -1.62. The molecule has 1 aliphatic rings. The Bertz CT molecular complexity index is 436. The molecule has 18 heavy (non-hydrogen) atoms. The summed E-state index contributed by atoms with van der Waals surface area (Å²) < 4.78 is 13.5. The number of phenolic OH excluding ortho intramolecular Hbond substituents is 1. The molecule has 1 fully saturated rings. The molecule has 0 bridgehead atoms. The zero-order valence-electron chi connectivity index (χ0n) is 10.3. The highest BCUT2D eigenvalue weighted by Gasteiger charge is 2.30. The highest BCUT2D eigenvalue weighted by Crippen LogP contribution is 2.23. The zero-order valence-corrected chi connectivity index (χ0v) is 10.3. The van der Waals surface area contributed by atoms with Crippen molar-refractivity contribution in [2.24, 2.45) is 0 Å². The number of aromatic hydroxyl groups is 1. The first kappa shape index (κ1) is 12.8. The standard InChI is InChI=1S/C13H17FN2O2/c1-13(5-7-15-8-6-13)16-12(18)11-9(14)3-2-4-10(11)17/h2-4,15,17H,5-8H2,1H3,(H,16,18). The van der Waals surface area contributed by atoms with E-state index >= 15 is 0 Å². The van der Waals surface area contributed by atoms with Crippen LogP contribution in [0, 0.1) is 5.82 Å². The number of piperidine rings is 1. The van der Waals surface area contributed by atoms with Gasteiger partial charge in [0.15, 0.2) is 0 Å². The second-order valence-electron chi connectivity index (χ2n) is 4.90. The molecule has 4 nitrogen and oxygen atoms in total. The summed E-state index contributed by atoms with van der Waals surface area (Å²) in [6.07, 6.45) is 1.57. The summed E-state index contributed by atoms with van der Waals surface area (Å²) in [6, 6.07) is 3.84. The number of nitrogens with one attached hydrogen (secondary N) is 2. The molecular formula is C13H17FN2O2. The van der Waals surface area contributed by atoms with Gasteiger partial charge in [-0.1, -0.05) is 6.07 Å². The van der Waals surface area contributed by atoms with E-state index in [-0.39, 0.29) is 16.9 Å². The lowest BCUT2D eigenvalue weighted by Gasteiger charge is -2.35. The van der Waals surface area contributed by atoms with Crippen LogP contribution in [0.4, 0.5) is 4.39 Å². The van der Waals surface area contributed by atoms with Gasteiger partial charge in [0.05, 0.1) is 0 Å². The van der Waals surface area contributed by atoms with Crippen LogP contribution in [0.1, 0.15) is 30.1 Å². The number of benzene rings is 1. The van der Waals surface area contributed by atoms with Crippen LogP contribution in [0.2, 0.25) is 0 Å². The van der Waals surface area contributed by atoms with Crippen LogP contribution in [0.25, 0.3) is 0 Å². The molecule has 3 N–H and O–H groups in total. The van der Waals surface area contributed by atoms with Crippen LogP contribution in [0.3, 0.4) is 0 Å². The molecule has 0 aromatic heterocycles. The SMILES string of the molecule is CC1(NC(=O)c2c(O)cccc2F)CCNCC1. The molecule has 1 aromatic rings. The first-order chi connectivity index (χ1) is 8.52. The highest BCUT2D eigenvalue weighted by atomic mass is 19.1. The number of hydrogen-bond acceptors (Lipinski definition) is 3. The number of amides is 1. The summed E-state index contributed by atoms with van der Waals surface area (Å²) in [5.41, 5.74) is -0.630. The minimum atomic E-state index is -0.704. The number of halogens is 1. The number of hydrogen-bond donors (Lipinski definition) is 3. The van der Waals surface area contributed by atoms with Crippen LogP contribution >= 0.6 is 0 Å². The van der Waals surface area contributed by atoms with Gasteiger partial charge in [0.1, 0.15) is 17.1 Å². The lowest BCUT2D eigenvalue weighted by Crippen LogP contribution is -2.52. The van der Waals surface area contributed by atoms with Crippen LogP contribution in [0.15, 0.2) is 18.2 Å². The molecule has 2 rings (SSSR count). The maximum absolute atomic E-state index is 13.5. The fourth-order valence-electron chi connectivity index (χ4n) is 2.18. The van der Waals surface area contributed by atoms with E-state index < -0.39 is 11.7 Å². The zero-order chi connectivity index (χ0) is 13.2. The van der Waals surface area contributed by atoms with Crippen molar-refractivity contribution in [3.05, 3.63) is 29.6 Å². The van der Waals surface area contributed by atoms with Gasteiger partial charge in [-0.15, -0.1) is 0 Å². The van der Waals surface area contributed by atoms with Crippen molar-refractivity contribution >= 4 is 5.91 Å². The van der Waals surface area contributed by atoms with Crippen LogP contribution in [-0.4, -0.2) is 29.6 Å². The van der Waals surface area contributed by atoms with E-state index in [2.05, 4.69) is 10.6 Å². The highest BCUT2D eigenvalue weighted by molar-refractivity contribution is 5.97. The molecule has 5 heteroatoms. The fourth-order valence-corrected chi connectivity index (χ4v) is 2.18. The van der Waals surface area contributed by atoms with E-state index in [0.717, 1.165) is 25.9 Å². The average Bonchev–Trinajstić information content (AvgIpc) is 2.28. The molecular weight excluding hydrogens is 235 g/mol. The number of carbonyl (C=O) groups excluding carboxylic acids is 1. The monoisotopic (exact) mass is 252 g/mol. The Morgan fingerprint density at radius 3 is 2.72 bits per heavy atom. The molecule has 0 unspecified atom stereocenters. The first-order valence-corrected chi connectivity index (χ1v) is 6.02. The average molecular weight is 252 g/mol. The molecule has 0 aliphatic carbocycles. The third-order valence-electron chi connectivity index (χ3n) is 3.34. The van der Waals surface area contributed by atoms with Gasteiger partial charge in [0.2, 0.25) is 0 Å². The smallest absolute Gasteiger partial charge is 0.258 e. The van der Waals surface area contributed by atoms with Crippen LogP contribution in [0.5, 0.6) is 5.75 Å². The summed E-state index contributed by atoms with van der Waals surface area (Å²) in [7, 11) is 0. The molecule has 0 saturated carbocycles. The van der Waals surface area contributed by atoms with Crippen molar-refractivity contribution in [1.82, 2.24) is 10.6 Å². The van der Waals surface area contributed by atoms with E-state index in [0.29, 0.717) is 0 Å². The van der Waals surface area contributed by atoms with Crippen molar-refractivity contribution < 1.29 is 14.3 Å². The van der Waals surface area contributed by atoms with E-state index in [1.165, 1.54) is 18.2 Å². The maximum Gasteiger partial charge on any atom is 0.258 e. The molecule has 0 atom stereocenters. The van der Waals surface area contributed by atoms with Crippen molar-refractivity contribution in [2.75, 3.05) is 13.1 Å². The van der Waals surface area contributed by atoms with Crippen molar-refractivity contribution in [3.63, 3.8) is 0 Å². The van der Waals surface area contributed by atoms with E-state index in [1.54, 1.807) is 0 Å². The topological polar surface area (TPSA) is 61.4 Å². The molecule has 1 aliphatic heterocycles. The maximum atomic E-state index is 13.5.